The van der Waals surface area contributed by atoms with E-state index >= 15 is 0 Å². The molecule has 0 saturated carbocycles. The Kier molecular flexibility index (Phi) is 4.15. The topological polar surface area (TPSA) is 107 Å². The largest absolute Gasteiger partial charge is 0.458 e. The highest BCUT2D eigenvalue weighted by Gasteiger charge is 2.45. The maximum Gasteiger partial charge on any atom is 0.343 e. The number of aliphatic hydroxyl groups is 1. The van der Waals surface area contributed by atoms with Crippen molar-refractivity contribution in [2.75, 3.05) is 0 Å². The Bertz CT molecular complexity index is 1340. The predicted octanol–water partition coefficient (Wildman–Crippen LogP) is 2.44. The van der Waals surface area contributed by atoms with Crippen LogP contribution in [0.1, 0.15) is 35.6 Å². The molecule has 3 aromatic rings. The summed E-state index contributed by atoms with van der Waals surface area (Å²) in [5.41, 5.74) is 7.19. The van der Waals surface area contributed by atoms with Crippen molar-refractivity contribution in [3.05, 3.63) is 61.1 Å². The number of cyclic esters (lactones) is 1. The average molecular weight is 474 g/mol. The van der Waals surface area contributed by atoms with Crippen LogP contribution in [0.4, 0.5) is 4.39 Å². The zero-order valence-electron chi connectivity index (χ0n) is 16.0. The number of hydrogen-bond donors (Lipinski definition) is 2. The van der Waals surface area contributed by atoms with Crippen LogP contribution in [0.3, 0.4) is 0 Å². The van der Waals surface area contributed by atoms with Gasteiger partial charge in [0.1, 0.15) is 12.4 Å². The molecule has 4 heterocycles. The highest BCUT2D eigenvalue weighted by Crippen LogP contribution is 2.41. The summed E-state index contributed by atoms with van der Waals surface area (Å²) in [4.78, 5) is 30.1. The first kappa shape index (κ1) is 19.3. The SMILES string of the molecule is CC[C@@]1(O)C(=O)OCc2c1cc1n(c2=O)Cc2c-1nc1cc(F)cc(Br)c1c2CN. The fourth-order valence-electron chi connectivity index (χ4n) is 4.45. The second-order valence-corrected chi connectivity index (χ2v) is 8.36. The smallest absolute Gasteiger partial charge is 0.343 e. The molecule has 1 atom stereocenters. The molecule has 2 aliphatic rings. The molecule has 2 aromatic heterocycles. The number of fused-ring (bicyclic) bond motifs is 5. The minimum atomic E-state index is -1.90. The van der Waals surface area contributed by atoms with Crippen LogP contribution in [-0.4, -0.2) is 20.6 Å². The molecular weight excluding hydrogens is 457 g/mol. The molecule has 0 fully saturated rings. The minimum absolute atomic E-state index is 0.0614. The van der Waals surface area contributed by atoms with Gasteiger partial charge in [-0.25, -0.2) is 14.2 Å². The Balaban J connectivity index is 1.86. The van der Waals surface area contributed by atoms with Crippen molar-refractivity contribution >= 4 is 32.8 Å². The van der Waals surface area contributed by atoms with Gasteiger partial charge in [-0.1, -0.05) is 6.92 Å². The van der Waals surface area contributed by atoms with E-state index in [1.54, 1.807) is 13.0 Å². The molecule has 1 aromatic carbocycles. The number of hydrogen-bond acceptors (Lipinski definition) is 6. The van der Waals surface area contributed by atoms with Gasteiger partial charge in [-0.3, -0.25) is 4.79 Å². The van der Waals surface area contributed by atoms with E-state index < -0.39 is 17.4 Å². The number of rotatable bonds is 2. The summed E-state index contributed by atoms with van der Waals surface area (Å²) in [6.45, 7) is 1.87. The van der Waals surface area contributed by atoms with Crippen molar-refractivity contribution in [1.82, 2.24) is 9.55 Å². The molecule has 9 heteroatoms. The summed E-state index contributed by atoms with van der Waals surface area (Å²) >= 11 is 3.39. The molecule has 0 bridgehead atoms. The van der Waals surface area contributed by atoms with E-state index in [2.05, 4.69) is 20.9 Å². The van der Waals surface area contributed by atoms with Gasteiger partial charge in [0.2, 0.25) is 0 Å². The predicted molar refractivity (Wildman–Crippen MR) is 110 cm³/mol. The third-order valence-electron chi connectivity index (χ3n) is 6.02. The lowest BCUT2D eigenvalue weighted by molar-refractivity contribution is -0.172. The first-order valence-electron chi connectivity index (χ1n) is 9.47. The zero-order chi connectivity index (χ0) is 21.4. The average Bonchev–Trinajstić information content (AvgIpc) is 3.08. The van der Waals surface area contributed by atoms with E-state index in [4.69, 9.17) is 10.5 Å². The number of halogens is 2. The normalized spacial score (nSPS) is 19.4. The van der Waals surface area contributed by atoms with Crippen LogP contribution in [0.5, 0.6) is 0 Å². The number of pyridine rings is 2. The van der Waals surface area contributed by atoms with Gasteiger partial charge in [0.15, 0.2) is 5.60 Å². The van der Waals surface area contributed by atoms with Crippen molar-refractivity contribution in [1.29, 1.82) is 0 Å². The number of carbonyl (C=O) groups excluding carboxylic acids is 1. The first-order valence-corrected chi connectivity index (χ1v) is 10.3. The number of aromatic nitrogens is 2. The summed E-state index contributed by atoms with van der Waals surface area (Å²) in [6, 6.07) is 4.30. The Morgan fingerprint density at radius 3 is 2.80 bits per heavy atom. The number of carbonyl (C=O) groups is 1. The van der Waals surface area contributed by atoms with Crippen molar-refractivity contribution in [3.63, 3.8) is 0 Å². The van der Waals surface area contributed by atoms with Crippen LogP contribution >= 0.6 is 15.9 Å². The monoisotopic (exact) mass is 473 g/mol. The van der Waals surface area contributed by atoms with Crippen molar-refractivity contribution in [3.8, 4) is 11.4 Å². The Morgan fingerprint density at radius 1 is 1.33 bits per heavy atom. The van der Waals surface area contributed by atoms with E-state index in [9.17, 15) is 19.1 Å². The quantitative estimate of drug-likeness (QED) is 0.433. The Morgan fingerprint density at radius 2 is 2.10 bits per heavy atom. The molecule has 0 unspecified atom stereocenters. The van der Waals surface area contributed by atoms with E-state index in [1.165, 1.54) is 16.7 Å². The third-order valence-corrected chi connectivity index (χ3v) is 6.65. The van der Waals surface area contributed by atoms with Crippen molar-refractivity contribution in [2.24, 2.45) is 5.73 Å². The lowest BCUT2D eigenvalue weighted by Crippen LogP contribution is -2.44. The lowest BCUT2D eigenvalue weighted by atomic mass is 9.86. The number of nitrogens with zero attached hydrogens (tertiary/aromatic N) is 2. The van der Waals surface area contributed by atoms with Crippen LogP contribution in [0.15, 0.2) is 27.5 Å². The van der Waals surface area contributed by atoms with Gasteiger partial charge in [0.05, 0.1) is 29.0 Å². The standard InChI is InChI=1S/C21H17BrFN3O4/c1-2-21(29)13-5-16-18-11(7-26(16)19(27)12(13)8-30-20(21)28)10(6-24)17-14(22)3-9(23)4-15(17)25-18/h3-5,29H,2,6-8,24H2,1H3/t21-/m0/s1. The zero-order valence-corrected chi connectivity index (χ0v) is 17.5. The van der Waals surface area contributed by atoms with Gasteiger partial charge < -0.3 is 20.1 Å². The van der Waals surface area contributed by atoms with Gasteiger partial charge in [-0.2, -0.15) is 0 Å². The van der Waals surface area contributed by atoms with Crippen LogP contribution in [-0.2, 0) is 34.8 Å². The van der Waals surface area contributed by atoms with Gasteiger partial charge in [-0.05, 0) is 40.0 Å². The second-order valence-electron chi connectivity index (χ2n) is 7.51. The number of esters is 1. The highest BCUT2D eigenvalue weighted by atomic mass is 79.9. The van der Waals surface area contributed by atoms with Gasteiger partial charge in [-0.15, -0.1) is 0 Å². The summed E-state index contributed by atoms with van der Waals surface area (Å²) in [6.07, 6.45) is 0.0614. The van der Waals surface area contributed by atoms with E-state index in [1.807, 2.05) is 0 Å². The molecule has 154 valence electrons. The fraction of sp³-hybridized carbons (Fsp3) is 0.286. The van der Waals surface area contributed by atoms with Crippen molar-refractivity contribution < 1.29 is 19.0 Å². The molecule has 7 nitrogen and oxygen atoms in total. The minimum Gasteiger partial charge on any atom is -0.458 e. The van der Waals surface area contributed by atoms with E-state index in [0.717, 1.165) is 11.1 Å². The Labute approximate surface area is 178 Å². The summed E-state index contributed by atoms with van der Waals surface area (Å²) < 4.78 is 21.2. The molecule has 0 spiro atoms. The maximum absolute atomic E-state index is 14.0. The molecule has 5 rings (SSSR count). The second kappa shape index (κ2) is 6.44. The van der Waals surface area contributed by atoms with Crippen LogP contribution in [0.2, 0.25) is 0 Å². The highest BCUT2D eigenvalue weighted by molar-refractivity contribution is 9.10. The van der Waals surface area contributed by atoms with Gasteiger partial charge in [0.25, 0.3) is 5.56 Å². The van der Waals surface area contributed by atoms with Crippen molar-refractivity contribution in [2.45, 2.75) is 38.6 Å². The summed E-state index contributed by atoms with van der Waals surface area (Å²) in [5.74, 6) is -1.23. The molecular formula is C21H17BrFN3O4. The third kappa shape index (κ3) is 2.39. The molecule has 0 aliphatic carbocycles. The molecule has 3 N–H and O–H groups in total. The van der Waals surface area contributed by atoms with Gasteiger partial charge >= 0.3 is 5.97 Å². The van der Waals surface area contributed by atoms with Crippen LogP contribution in [0.25, 0.3) is 22.3 Å². The molecule has 0 radical (unpaired) electrons. The molecule has 2 aliphatic heterocycles. The van der Waals surface area contributed by atoms with E-state index in [-0.39, 0.29) is 42.8 Å². The molecule has 30 heavy (non-hydrogen) atoms. The number of nitrogens with two attached hydrogens (primary N) is 1. The van der Waals surface area contributed by atoms with Gasteiger partial charge in [0, 0.05) is 33.6 Å². The Hall–Kier alpha value is -2.62. The fourth-order valence-corrected chi connectivity index (χ4v) is 5.11. The van der Waals surface area contributed by atoms with Crippen LogP contribution < -0.4 is 11.3 Å². The molecule has 0 amide bonds. The first-order chi connectivity index (χ1) is 14.3. The molecule has 0 saturated heterocycles. The van der Waals surface area contributed by atoms with E-state index in [0.29, 0.717) is 26.8 Å². The number of benzene rings is 1. The van der Waals surface area contributed by atoms with Crippen LogP contribution in [0, 0.1) is 5.82 Å². The summed E-state index contributed by atoms with van der Waals surface area (Å²) in [5, 5.41) is 11.6. The number of ether oxygens (including phenoxy) is 1. The summed E-state index contributed by atoms with van der Waals surface area (Å²) in [7, 11) is 0. The lowest BCUT2D eigenvalue weighted by Gasteiger charge is -2.31. The maximum atomic E-state index is 14.0.